The van der Waals surface area contributed by atoms with Gasteiger partial charge in [-0.05, 0) is 13.8 Å². The highest BCUT2D eigenvalue weighted by atomic mass is 35.7. The molecule has 0 atom stereocenters. The van der Waals surface area contributed by atoms with E-state index in [0.29, 0.717) is 5.69 Å². The topological polar surface area (TPSA) is 105 Å². The third-order valence-corrected chi connectivity index (χ3v) is 3.95. The van der Waals surface area contributed by atoms with Gasteiger partial charge in [0.2, 0.25) is 5.91 Å². The van der Waals surface area contributed by atoms with Crippen molar-refractivity contribution in [3.8, 4) is 6.07 Å². The van der Waals surface area contributed by atoms with Gasteiger partial charge in [-0.25, -0.2) is 8.42 Å². The van der Waals surface area contributed by atoms with Crippen LogP contribution in [0, 0.1) is 25.2 Å². The molecule has 0 aliphatic carbocycles. The lowest BCUT2D eigenvalue weighted by atomic mass is 10.4. The standard InChI is InChI=1S/C10H13ClN4O3S/c1-7-10(19(11,17)18)8(2)15(14-7)6-9(16)13-5-3-4-12/h3,5-6H2,1-2H3,(H,13,16). The Hall–Kier alpha value is -1.59. The number of carbonyl (C=O) groups excluding carboxylic acids is 1. The van der Waals surface area contributed by atoms with Crippen molar-refractivity contribution in [1.29, 1.82) is 5.26 Å². The third-order valence-electron chi connectivity index (χ3n) is 2.41. The summed E-state index contributed by atoms with van der Waals surface area (Å²) in [5.41, 5.74) is 0.556. The monoisotopic (exact) mass is 304 g/mol. The molecule has 0 bridgehead atoms. The average Bonchev–Trinajstić information content (AvgIpc) is 2.53. The molecule has 0 aromatic carbocycles. The first-order valence-electron chi connectivity index (χ1n) is 5.39. The number of nitrogens with zero attached hydrogens (tertiary/aromatic N) is 3. The molecule has 1 amide bonds. The summed E-state index contributed by atoms with van der Waals surface area (Å²) in [6.07, 6.45) is 0.212. The van der Waals surface area contributed by atoms with Crippen LogP contribution in [0.1, 0.15) is 17.8 Å². The molecule has 0 aliphatic rings. The van der Waals surface area contributed by atoms with E-state index in [1.165, 1.54) is 18.5 Å². The Morgan fingerprint density at radius 3 is 2.63 bits per heavy atom. The van der Waals surface area contributed by atoms with E-state index in [1.54, 1.807) is 0 Å². The van der Waals surface area contributed by atoms with Gasteiger partial charge in [-0.2, -0.15) is 10.4 Å². The van der Waals surface area contributed by atoms with Gasteiger partial charge >= 0.3 is 0 Å². The van der Waals surface area contributed by atoms with Crippen LogP contribution >= 0.6 is 10.7 Å². The Balaban J connectivity index is 2.88. The molecule has 0 radical (unpaired) electrons. The van der Waals surface area contributed by atoms with Gasteiger partial charge in [-0.3, -0.25) is 9.48 Å². The minimum Gasteiger partial charge on any atom is -0.353 e. The second-order valence-electron chi connectivity index (χ2n) is 3.85. The van der Waals surface area contributed by atoms with Gasteiger partial charge in [0.1, 0.15) is 11.4 Å². The number of aromatic nitrogens is 2. The first-order chi connectivity index (χ1) is 8.77. The third kappa shape index (κ3) is 3.94. The molecule has 0 aliphatic heterocycles. The number of carbonyl (C=O) groups is 1. The van der Waals surface area contributed by atoms with Crippen LogP contribution in [0.15, 0.2) is 4.90 Å². The van der Waals surface area contributed by atoms with Gasteiger partial charge in [-0.1, -0.05) is 0 Å². The van der Waals surface area contributed by atoms with Crippen LogP contribution in [0.5, 0.6) is 0 Å². The molecule has 1 heterocycles. The van der Waals surface area contributed by atoms with Crippen LogP contribution in [-0.4, -0.2) is 30.7 Å². The number of nitrogens with one attached hydrogen (secondary N) is 1. The van der Waals surface area contributed by atoms with Crippen LogP contribution < -0.4 is 5.32 Å². The smallest absolute Gasteiger partial charge is 0.264 e. The Labute approximate surface area is 115 Å². The van der Waals surface area contributed by atoms with E-state index in [4.69, 9.17) is 15.9 Å². The van der Waals surface area contributed by atoms with Gasteiger partial charge in [-0.15, -0.1) is 0 Å². The lowest BCUT2D eigenvalue weighted by Crippen LogP contribution is -2.29. The molecule has 1 N–H and O–H groups in total. The van der Waals surface area contributed by atoms with Crippen LogP contribution in [0.25, 0.3) is 0 Å². The molecule has 1 rings (SSSR count). The number of hydrogen-bond acceptors (Lipinski definition) is 5. The van der Waals surface area contributed by atoms with E-state index in [2.05, 4.69) is 10.4 Å². The zero-order valence-electron chi connectivity index (χ0n) is 10.5. The fraction of sp³-hybridized carbons (Fsp3) is 0.500. The first-order valence-corrected chi connectivity index (χ1v) is 7.70. The van der Waals surface area contributed by atoms with Crippen molar-refractivity contribution >= 4 is 25.6 Å². The van der Waals surface area contributed by atoms with E-state index >= 15 is 0 Å². The SMILES string of the molecule is Cc1nn(CC(=O)NCCC#N)c(C)c1S(=O)(=O)Cl. The lowest BCUT2D eigenvalue weighted by Gasteiger charge is -2.05. The maximum Gasteiger partial charge on any atom is 0.264 e. The zero-order chi connectivity index (χ0) is 14.6. The molecule has 19 heavy (non-hydrogen) atoms. The molecule has 7 nitrogen and oxygen atoms in total. The lowest BCUT2D eigenvalue weighted by molar-refractivity contribution is -0.121. The van der Waals surface area contributed by atoms with Gasteiger partial charge in [0.15, 0.2) is 0 Å². The van der Waals surface area contributed by atoms with Gasteiger partial charge in [0, 0.05) is 17.2 Å². The fourth-order valence-corrected chi connectivity index (χ4v) is 3.16. The molecule has 0 spiro atoms. The average molecular weight is 305 g/mol. The molecule has 1 aromatic heterocycles. The van der Waals surface area contributed by atoms with Crippen molar-refractivity contribution in [3.63, 3.8) is 0 Å². The zero-order valence-corrected chi connectivity index (χ0v) is 12.0. The van der Waals surface area contributed by atoms with Crippen molar-refractivity contribution in [2.24, 2.45) is 0 Å². The van der Waals surface area contributed by atoms with Gasteiger partial charge in [0.05, 0.1) is 23.9 Å². The number of rotatable bonds is 5. The highest BCUT2D eigenvalue weighted by Crippen LogP contribution is 2.22. The second-order valence-corrected chi connectivity index (χ2v) is 6.36. The molecular weight excluding hydrogens is 292 g/mol. The number of halogens is 1. The highest BCUT2D eigenvalue weighted by molar-refractivity contribution is 8.13. The molecule has 0 saturated carbocycles. The molecule has 0 fully saturated rings. The van der Waals surface area contributed by atoms with Gasteiger partial charge < -0.3 is 5.32 Å². The Bertz CT molecular complexity index is 630. The number of nitriles is 1. The maximum absolute atomic E-state index is 11.5. The molecule has 104 valence electrons. The summed E-state index contributed by atoms with van der Waals surface area (Å²) in [5.74, 6) is -0.348. The molecule has 0 unspecified atom stereocenters. The molecule has 1 aromatic rings. The minimum absolute atomic E-state index is 0.0704. The Morgan fingerprint density at radius 1 is 1.53 bits per heavy atom. The van der Waals surface area contributed by atoms with E-state index in [1.807, 2.05) is 6.07 Å². The second kappa shape index (κ2) is 6.04. The predicted octanol–water partition coefficient (Wildman–Crippen LogP) is 0.457. The van der Waals surface area contributed by atoms with E-state index in [9.17, 15) is 13.2 Å². The largest absolute Gasteiger partial charge is 0.353 e. The quantitative estimate of drug-likeness (QED) is 0.628. The summed E-state index contributed by atoms with van der Waals surface area (Å²) in [6.45, 7) is 3.16. The van der Waals surface area contributed by atoms with Crippen molar-refractivity contribution in [2.75, 3.05) is 6.54 Å². The molecule has 0 saturated heterocycles. The molecule has 9 heteroatoms. The normalized spacial score (nSPS) is 11.1. The summed E-state index contributed by atoms with van der Waals surface area (Å²) in [4.78, 5) is 11.5. The van der Waals surface area contributed by atoms with Crippen molar-refractivity contribution in [1.82, 2.24) is 15.1 Å². The fourth-order valence-electron chi connectivity index (χ4n) is 1.64. The van der Waals surface area contributed by atoms with Crippen LogP contribution in [0.2, 0.25) is 0 Å². The number of amides is 1. The predicted molar refractivity (Wildman–Crippen MR) is 68.0 cm³/mol. The molecular formula is C10H13ClN4O3S. The van der Waals surface area contributed by atoms with Crippen molar-refractivity contribution < 1.29 is 13.2 Å². The summed E-state index contributed by atoms with van der Waals surface area (Å²) in [6, 6.07) is 1.90. The Kier molecular flexibility index (Phi) is 4.91. The van der Waals surface area contributed by atoms with Crippen LogP contribution in [0.4, 0.5) is 0 Å². The minimum atomic E-state index is -3.89. The van der Waals surface area contributed by atoms with Crippen molar-refractivity contribution in [2.45, 2.75) is 31.7 Å². The van der Waals surface area contributed by atoms with Gasteiger partial charge in [0.25, 0.3) is 9.05 Å². The number of aryl methyl sites for hydroxylation is 1. The number of hydrogen-bond donors (Lipinski definition) is 1. The van der Waals surface area contributed by atoms with E-state index < -0.39 is 9.05 Å². The summed E-state index contributed by atoms with van der Waals surface area (Å²) < 4.78 is 24.0. The van der Waals surface area contributed by atoms with Crippen LogP contribution in [-0.2, 0) is 20.4 Å². The van der Waals surface area contributed by atoms with E-state index in [-0.39, 0.29) is 36.0 Å². The maximum atomic E-state index is 11.5. The summed E-state index contributed by atoms with van der Waals surface area (Å²) in [7, 11) is 1.42. The van der Waals surface area contributed by atoms with Crippen LogP contribution in [0.3, 0.4) is 0 Å². The van der Waals surface area contributed by atoms with Crippen molar-refractivity contribution in [3.05, 3.63) is 11.4 Å². The Morgan fingerprint density at radius 2 is 2.16 bits per heavy atom. The highest BCUT2D eigenvalue weighted by Gasteiger charge is 2.23. The van der Waals surface area contributed by atoms with E-state index in [0.717, 1.165) is 0 Å². The summed E-state index contributed by atoms with van der Waals surface area (Å²) >= 11 is 0. The first kappa shape index (κ1) is 15.5. The summed E-state index contributed by atoms with van der Waals surface area (Å²) in [5, 5.41) is 14.8.